The normalized spacial score (nSPS) is 20.9. The van der Waals surface area contributed by atoms with Gasteiger partial charge in [0.1, 0.15) is 11.5 Å². The first-order chi connectivity index (χ1) is 11.1. The monoisotopic (exact) mass is 313 g/mol. The molecule has 0 heterocycles. The molecule has 23 heavy (non-hydrogen) atoms. The fourth-order valence-corrected chi connectivity index (χ4v) is 3.31. The van der Waals surface area contributed by atoms with Gasteiger partial charge in [-0.3, -0.25) is 0 Å². The van der Waals surface area contributed by atoms with Crippen molar-refractivity contribution in [3.05, 3.63) is 59.2 Å². The number of hydrogen-bond donors (Lipinski definition) is 2. The van der Waals surface area contributed by atoms with Crippen LogP contribution in [-0.2, 0) is 6.42 Å². The van der Waals surface area contributed by atoms with Crippen LogP contribution in [-0.4, -0.2) is 25.4 Å². The van der Waals surface area contributed by atoms with Gasteiger partial charge in [0.2, 0.25) is 0 Å². The number of methoxy groups -OCH3 is 2. The van der Waals surface area contributed by atoms with Gasteiger partial charge in [-0.15, -0.1) is 0 Å². The van der Waals surface area contributed by atoms with Gasteiger partial charge in [-0.2, -0.15) is 0 Å². The first kappa shape index (κ1) is 15.8. The number of fused-ring (bicyclic) bond motifs is 1. The molecule has 4 heteroatoms. The Morgan fingerprint density at radius 1 is 1.13 bits per heavy atom. The molecule has 0 aromatic heterocycles. The predicted octanol–water partition coefficient (Wildman–Crippen LogP) is 3.01. The third-order valence-electron chi connectivity index (χ3n) is 4.54. The van der Waals surface area contributed by atoms with Crippen LogP contribution in [0.3, 0.4) is 0 Å². The molecular weight excluding hydrogens is 290 g/mol. The zero-order valence-corrected chi connectivity index (χ0v) is 13.7. The maximum Gasteiger partial charge on any atom is 0.127 e. The third-order valence-corrected chi connectivity index (χ3v) is 4.54. The molecule has 2 N–H and O–H groups in total. The Labute approximate surface area is 137 Å². The summed E-state index contributed by atoms with van der Waals surface area (Å²) in [5.74, 6) is 1.55. The molecular formula is C19H23NO3. The van der Waals surface area contributed by atoms with E-state index in [2.05, 4.69) is 24.4 Å². The van der Waals surface area contributed by atoms with Crippen LogP contribution in [0.1, 0.15) is 35.7 Å². The van der Waals surface area contributed by atoms with E-state index >= 15 is 0 Å². The van der Waals surface area contributed by atoms with Gasteiger partial charge in [0.05, 0.1) is 26.4 Å². The van der Waals surface area contributed by atoms with Crippen LogP contribution in [0, 0.1) is 0 Å². The molecule has 0 radical (unpaired) electrons. The van der Waals surface area contributed by atoms with Crippen molar-refractivity contribution in [3.63, 3.8) is 0 Å². The van der Waals surface area contributed by atoms with Crippen molar-refractivity contribution >= 4 is 0 Å². The minimum absolute atomic E-state index is 0.0432. The standard InChI is InChI=1S/C19H23NO3/c1-12(15-9-8-14(22-2)11-18(15)23-3)20-19-16-7-5-4-6-13(16)10-17(19)21/h4-9,11-12,17,19-21H,10H2,1-3H3. The van der Waals surface area contributed by atoms with Crippen molar-refractivity contribution < 1.29 is 14.6 Å². The number of nitrogens with one attached hydrogen (secondary N) is 1. The van der Waals surface area contributed by atoms with Crippen LogP contribution in [0.4, 0.5) is 0 Å². The quantitative estimate of drug-likeness (QED) is 0.891. The lowest BCUT2D eigenvalue weighted by Crippen LogP contribution is -2.31. The van der Waals surface area contributed by atoms with Gasteiger partial charge in [0, 0.05) is 24.1 Å². The highest BCUT2D eigenvalue weighted by Gasteiger charge is 2.32. The molecule has 2 aromatic carbocycles. The number of aliphatic hydroxyl groups excluding tert-OH is 1. The lowest BCUT2D eigenvalue weighted by atomic mass is 10.0. The topological polar surface area (TPSA) is 50.7 Å². The van der Waals surface area contributed by atoms with Crippen molar-refractivity contribution in [1.82, 2.24) is 5.32 Å². The summed E-state index contributed by atoms with van der Waals surface area (Å²) in [7, 11) is 3.30. The first-order valence-corrected chi connectivity index (χ1v) is 7.88. The Morgan fingerprint density at radius 3 is 2.65 bits per heavy atom. The van der Waals surface area contributed by atoms with Crippen LogP contribution in [0.2, 0.25) is 0 Å². The summed E-state index contributed by atoms with van der Waals surface area (Å²) in [6.07, 6.45) is 0.291. The van der Waals surface area contributed by atoms with Gasteiger partial charge < -0.3 is 19.9 Å². The first-order valence-electron chi connectivity index (χ1n) is 7.88. The molecule has 2 aromatic rings. The minimum Gasteiger partial charge on any atom is -0.497 e. The second-order valence-corrected chi connectivity index (χ2v) is 5.94. The molecule has 3 unspecified atom stereocenters. The average Bonchev–Trinajstić information content (AvgIpc) is 2.89. The van der Waals surface area contributed by atoms with Crippen LogP contribution < -0.4 is 14.8 Å². The third kappa shape index (κ3) is 3.05. The summed E-state index contributed by atoms with van der Waals surface area (Å²) in [6, 6.07) is 14.0. The Bertz CT molecular complexity index is 686. The van der Waals surface area contributed by atoms with Gasteiger partial charge >= 0.3 is 0 Å². The Hall–Kier alpha value is -2.04. The van der Waals surface area contributed by atoms with Crippen LogP contribution in [0.25, 0.3) is 0 Å². The van der Waals surface area contributed by atoms with E-state index in [0.717, 1.165) is 17.1 Å². The van der Waals surface area contributed by atoms with E-state index in [9.17, 15) is 5.11 Å². The van der Waals surface area contributed by atoms with E-state index in [0.29, 0.717) is 6.42 Å². The number of benzene rings is 2. The summed E-state index contributed by atoms with van der Waals surface area (Å²) in [5, 5.41) is 13.9. The second-order valence-electron chi connectivity index (χ2n) is 5.94. The average molecular weight is 313 g/mol. The zero-order valence-electron chi connectivity index (χ0n) is 13.7. The maximum absolute atomic E-state index is 10.4. The molecule has 0 amide bonds. The SMILES string of the molecule is COc1ccc(C(C)NC2c3ccccc3CC2O)c(OC)c1. The lowest BCUT2D eigenvalue weighted by Gasteiger charge is -2.25. The molecule has 1 aliphatic carbocycles. The molecule has 0 bridgehead atoms. The zero-order chi connectivity index (χ0) is 16.4. The molecule has 0 fully saturated rings. The number of ether oxygens (including phenoxy) is 2. The molecule has 0 aliphatic heterocycles. The molecule has 3 atom stereocenters. The Morgan fingerprint density at radius 2 is 1.91 bits per heavy atom. The summed E-state index contributed by atoms with van der Waals surface area (Å²) in [4.78, 5) is 0. The van der Waals surface area contributed by atoms with Crippen molar-refractivity contribution in [3.8, 4) is 11.5 Å². The van der Waals surface area contributed by atoms with Gasteiger partial charge in [-0.25, -0.2) is 0 Å². The van der Waals surface area contributed by atoms with Crippen LogP contribution in [0.5, 0.6) is 11.5 Å². The van der Waals surface area contributed by atoms with Gasteiger partial charge in [-0.1, -0.05) is 30.3 Å². The minimum atomic E-state index is -0.404. The molecule has 0 spiro atoms. The predicted molar refractivity (Wildman–Crippen MR) is 90.0 cm³/mol. The van der Waals surface area contributed by atoms with Gasteiger partial charge in [0.25, 0.3) is 0 Å². The largest absolute Gasteiger partial charge is 0.497 e. The molecule has 122 valence electrons. The van der Waals surface area contributed by atoms with E-state index in [1.807, 2.05) is 30.3 Å². The lowest BCUT2D eigenvalue weighted by molar-refractivity contribution is 0.135. The smallest absolute Gasteiger partial charge is 0.127 e. The van der Waals surface area contributed by atoms with E-state index in [1.165, 1.54) is 11.1 Å². The summed E-state index contributed by atoms with van der Waals surface area (Å²) in [5.41, 5.74) is 3.44. The molecule has 0 saturated heterocycles. The maximum atomic E-state index is 10.4. The van der Waals surface area contributed by atoms with E-state index < -0.39 is 6.10 Å². The highest BCUT2D eigenvalue weighted by Crippen LogP contribution is 2.35. The van der Waals surface area contributed by atoms with E-state index in [4.69, 9.17) is 9.47 Å². The number of aliphatic hydroxyl groups is 1. The summed E-state index contributed by atoms with van der Waals surface area (Å²) < 4.78 is 10.7. The van der Waals surface area contributed by atoms with Gasteiger partial charge in [-0.05, 0) is 24.1 Å². The van der Waals surface area contributed by atoms with Crippen molar-refractivity contribution in [1.29, 1.82) is 0 Å². The Kier molecular flexibility index (Phi) is 4.55. The fourth-order valence-electron chi connectivity index (χ4n) is 3.31. The van der Waals surface area contributed by atoms with E-state index in [1.54, 1.807) is 14.2 Å². The summed E-state index contributed by atoms with van der Waals surface area (Å²) >= 11 is 0. The second kappa shape index (κ2) is 6.60. The van der Waals surface area contributed by atoms with Crippen molar-refractivity contribution in [2.75, 3.05) is 14.2 Å². The highest BCUT2D eigenvalue weighted by atomic mass is 16.5. The van der Waals surface area contributed by atoms with Crippen molar-refractivity contribution in [2.45, 2.75) is 31.5 Å². The molecule has 1 aliphatic rings. The van der Waals surface area contributed by atoms with Crippen LogP contribution >= 0.6 is 0 Å². The van der Waals surface area contributed by atoms with Crippen LogP contribution in [0.15, 0.2) is 42.5 Å². The van der Waals surface area contributed by atoms with Crippen molar-refractivity contribution in [2.24, 2.45) is 0 Å². The molecule has 4 nitrogen and oxygen atoms in total. The number of rotatable bonds is 5. The Balaban J connectivity index is 1.83. The highest BCUT2D eigenvalue weighted by molar-refractivity contribution is 5.43. The molecule has 0 saturated carbocycles. The van der Waals surface area contributed by atoms with Gasteiger partial charge in [0.15, 0.2) is 0 Å². The van der Waals surface area contributed by atoms with E-state index in [-0.39, 0.29) is 12.1 Å². The summed E-state index contributed by atoms with van der Waals surface area (Å²) in [6.45, 7) is 2.08. The fraction of sp³-hybridized carbons (Fsp3) is 0.368. The number of hydrogen-bond acceptors (Lipinski definition) is 4. The molecule has 3 rings (SSSR count).